The Morgan fingerprint density at radius 2 is 1.89 bits per heavy atom. The molecule has 94 valence electrons. The van der Waals surface area contributed by atoms with E-state index in [0.717, 1.165) is 5.56 Å². The monoisotopic (exact) mass is 247 g/mol. The third kappa shape index (κ3) is 2.40. The van der Waals surface area contributed by atoms with Gasteiger partial charge in [0.05, 0.1) is 5.56 Å². The van der Waals surface area contributed by atoms with E-state index in [-0.39, 0.29) is 5.82 Å². The van der Waals surface area contributed by atoms with Gasteiger partial charge in [-0.2, -0.15) is 4.98 Å². The minimum absolute atomic E-state index is 0.355. The summed E-state index contributed by atoms with van der Waals surface area (Å²) in [5.41, 5.74) is 7.21. The van der Waals surface area contributed by atoms with E-state index in [0.29, 0.717) is 28.8 Å². The van der Waals surface area contributed by atoms with E-state index in [9.17, 15) is 4.39 Å². The van der Waals surface area contributed by atoms with Crippen molar-refractivity contribution in [2.45, 2.75) is 20.8 Å². The average molecular weight is 247 g/mol. The molecule has 0 radical (unpaired) electrons. The maximum absolute atomic E-state index is 13.2. The van der Waals surface area contributed by atoms with Crippen molar-refractivity contribution in [3.8, 4) is 11.6 Å². The molecule has 0 atom stereocenters. The van der Waals surface area contributed by atoms with E-state index >= 15 is 0 Å². The summed E-state index contributed by atoms with van der Waals surface area (Å²) in [6.45, 7) is 5.32. The van der Waals surface area contributed by atoms with Gasteiger partial charge >= 0.3 is 0 Å². The molecule has 2 aromatic rings. The second-order valence-corrected chi connectivity index (χ2v) is 4.10. The number of nitrogens with two attached hydrogens (primary N) is 1. The third-order valence-electron chi connectivity index (χ3n) is 2.61. The van der Waals surface area contributed by atoms with Crippen molar-refractivity contribution < 1.29 is 9.13 Å². The Labute approximate surface area is 105 Å². The summed E-state index contributed by atoms with van der Waals surface area (Å²) in [6.07, 6.45) is 0. The molecule has 0 aliphatic heterocycles. The van der Waals surface area contributed by atoms with Crippen molar-refractivity contribution in [3.63, 3.8) is 0 Å². The van der Waals surface area contributed by atoms with Gasteiger partial charge in [-0.3, -0.25) is 0 Å². The zero-order valence-corrected chi connectivity index (χ0v) is 10.5. The minimum Gasteiger partial charge on any atom is -0.438 e. The Hall–Kier alpha value is -2.17. The summed E-state index contributed by atoms with van der Waals surface area (Å²) < 4.78 is 18.8. The van der Waals surface area contributed by atoms with Crippen LogP contribution in [0.15, 0.2) is 18.2 Å². The van der Waals surface area contributed by atoms with E-state index in [4.69, 9.17) is 10.5 Å². The van der Waals surface area contributed by atoms with Crippen LogP contribution in [0.2, 0.25) is 0 Å². The van der Waals surface area contributed by atoms with Crippen LogP contribution in [0.5, 0.6) is 11.6 Å². The van der Waals surface area contributed by atoms with Crippen LogP contribution in [0.3, 0.4) is 0 Å². The number of hydrogen-bond acceptors (Lipinski definition) is 4. The number of nitrogen functional groups attached to an aromatic ring is 1. The molecule has 0 amide bonds. The summed E-state index contributed by atoms with van der Waals surface area (Å²) in [5, 5.41) is 0. The molecule has 4 nitrogen and oxygen atoms in total. The van der Waals surface area contributed by atoms with Crippen LogP contribution in [0.4, 0.5) is 10.2 Å². The number of aryl methyl sites for hydroxylation is 2. The molecular weight excluding hydrogens is 233 g/mol. The number of halogens is 1. The highest BCUT2D eigenvalue weighted by Gasteiger charge is 2.10. The molecule has 2 N–H and O–H groups in total. The zero-order chi connectivity index (χ0) is 13.3. The van der Waals surface area contributed by atoms with Gasteiger partial charge < -0.3 is 10.5 Å². The molecule has 0 spiro atoms. The van der Waals surface area contributed by atoms with E-state index < -0.39 is 0 Å². The molecule has 18 heavy (non-hydrogen) atoms. The van der Waals surface area contributed by atoms with Gasteiger partial charge in [0.15, 0.2) is 0 Å². The first-order valence-electron chi connectivity index (χ1n) is 5.52. The van der Waals surface area contributed by atoms with Crippen LogP contribution in [0.25, 0.3) is 0 Å². The van der Waals surface area contributed by atoms with Crippen molar-refractivity contribution in [1.29, 1.82) is 0 Å². The van der Waals surface area contributed by atoms with Crippen LogP contribution < -0.4 is 10.5 Å². The number of benzene rings is 1. The fourth-order valence-electron chi connectivity index (χ4n) is 1.51. The molecule has 1 aromatic heterocycles. The van der Waals surface area contributed by atoms with E-state index in [1.165, 1.54) is 12.1 Å². The van der Waals surface area contributed by atoms with Gasteiger partial charge in [-0.05, 0) is 32.4 Å². The highest BCUT2D eigenvalue weighted by atomic mass is 19.1. The number of aromatic nitrogens is 2. The SMILES string of the molecule is Cc1nc(N)c(C)c(Oc2cc(F)ccc2C)n1. The van der Waals surface area contributed by atoms with Crippen molar-refractivity contribution >= 4 is 5.82 Å². The van der Waals surface area contributed by atoms with Crippen molar-refractivity contribution in [1.82, 2.24) is 9.97 Å². The summed E-state index contributed by atoms with van der Waals surface area (Å²) in [5.74, 6) is 1.31. The fourth-order valence-corrected chi connectivity index (χ4v) is 1.51. The number of anilines is 1. The van der Waals surface area contributed by atoms with Gasteiger partial charge in [0.1, 0.15) is 23.2 Å². The van der Waals surface area contributed by atoms with Crippen molar-refractivity contribution in [2.24, 2.45) is 0 Å². The maximum Gasteiger partial charge on any atom is 0.227 e. The van der Waals surface area contributed by atoms with Crippen LogP contribution in [-0.2, 0) is 0 Å². The standard InChI is InChI=1S/C13H14FN3O/c1-7-4-5-10(14)6-11(7)18-13-8(2)12(15)16-9(3)17-13/h4-6H,1-3H3,(H2,15,16,17). The predicted octanol–water partition coefficient (Wildman–Crippen LogP) is 2.92. The normalized spacial score (nSPS) is 10.4. The van der Waals surface area contributed by atoms with Gasteiger partial charge in [0, 0.05) is 6.07 Å². The van der Waals surface area contributed by atoms with Crippen LogP contribution in [0, 0.1) is 26.6 Å². The molecule has 0 aliphatic rings. The predicted molar refractivity (Wildman–Crippen MR) is 67.1 cm³/mol. The molecule has 0 bridgehead atoms. The van der Waals surface area contributed by atoms with Gasteiger partial charge in [-0.15, -0.1) is 0 Å². The zero-order valence-electron chi connectivity index (χ0n) is 10.5. The molecule has 1 aromatic carbocycles. The largest absolute Gasteiger partial charge is 0.438 e. The summed E-state index contributed by atoms with van der Waals surface area (Å²) in [7, 11) is 0. The Kier molecular flexibility index (Phi) is 3.14. The Morgan fingerprint density at radius 1 is 1.17 bits per heavy atom. The number of ether oxygens (including phenoxy) is 1. The lowest BCUT2D eigenvalue weighted by molar-refractivity contribution is 0.448. The lowest BCUT2D eigenvalue weighted by Crippen LogP contribution is -2.02. The molecule has 0 unspecified atom stereocenters. The lowest BCUT2D eigenvalue weighted by atomic mass is 10.2. The topological polar surface area (TPSA) is 61.0 Å². The average Bonchev–Trinajstić information content (AvgIpc) is 2.30. The molecule has 2 rings (SSSR count). The summed E-state index contributed by atoms with van der Waals surface area (Å²) in [4.78, 5) is 8.19. The van der Waals surface area contributed by atoms with Gasteiger partial charge in [-0.1, -0.05) is 6.07 Å². The molecule has 0 saturated carbocycles. The Balaban J connectivity index is 2.43. The van der Waals surface area contributed by atoms with Gasteiger partial charge in [0.2, 0.25) is 5.88 Å². The number of hydrogen-bond donors (Lipinski definition) is 1. The molecule has 5 heteroatoms. The van der Waals surface area contributed by atoms with E-state index in [1.54, 1.807) is 19.9 Å². The van der Waals surface area contributed by atoms with Gasteiger partial charge in [0.25, 0.3) is 0 Å². The van der Waals surface area contributed by atoms with Crippen molar-refractivity contribution in [2.75, 3.05) is 5.73 Å². The summed E-state index contributed by atoms with van der Waals surface area (Å²) >= 11 is 0. The molecular formula is C13H14FN3O. The minimum atomic E-state index is -0.355. The Bertz CT molecular complexity index is 599. The molecule has 0 fully saturated rings. The highest BCUT2D eigenvalue weighted by Crippen LogP contribution is 2.28. The third-order valence-corrected chi connectivity index (χ3v) is 2.61. The molecule has 0 saturated heterocycles. The number of rotatable bonds is 2. The van der Waals surface area contributed by atoms with Gasteiger partial charge in [-0.25, -0.2) is 9.37 Å². The lowest BCUT2D eigenvalue weighted by Gasteiger charge is -2.11. The Morgan fingerprint density at radius 3 is 2.61 bits per heavy atom. The fraction of sp³-hybridized carbons (Fsp3) is 0.231. The van der Waals surface area contributed by atoms with E-state index in [2.05, 4.69) is 9.97 Å². The summed E-state index contributed by atoms with van der Waals surface area (Å²) in [6, 6.07) is 4.36. The highest BCUT2D eigenvalue weighted by molar-refractivity contribution is 5.46. The number of nitrogens with zero attached hydrogens (tertiary/aromatic N) is 2. The second-order valence-electron chi connectivity index (χ2n) is 4.10. The first kappa shape index (κ1) is 12.3. The molecule has 1 heterocycles. The second kappa shape index (κ2) is 4.60. The van der Waals surface area contributed by atoms with Crippen molar-refractivity contribution in [3.05, 3.63) is 41.0 Å². The van der Waals surface area contributed by atoms with Crippen LogP contribution >= 0.6 is 0 Å². The molecule has 0 aliphatic carbocycles. The van der Waals surface area contributed by atoms with E-state index in [1.807, 2.05) is 6.92 Å². The first-order valence-corrected chi connectivity index (χ1v) is 5.52. The smallest absolute Gasteiger partial charge is 0.227 e. The maximum atomic E-state index is 13.2. The van der Waals surface area contributed by atoms with Crippen LogP contribution in [0.1, 0.15) is 17.0 Å². The first-order chi connectivity index (χ1) is 8.47. The quantitative estimate of drug-likeness (QED) is 0.886. The van der Waals surface area contributed by atoms with Crippen LogP contribution in [-0.4, -0.2) is 9.97 Å².